The number of carbonyl (C=O) groups excluding carboxylic acids is 1. The first kappa shape index (κ1) is 11.0. The van der Waals surface area contributed by atoms with Gasteiger partial charge in [0.1, 0.15) is 5.75 Å². The van der Waals surface area contributed by atoms with Gasteiger partial charge in [-0.25, -0.2) is 0 Å². The van der Waals surface area contributed by atoms with Crippen molar-refractivity contribution in [3.8, 4) is 5.75 Å². The fourth-order valence-corrected chi connectivity index (χ4v) is 2.17. The van der Waals surface area contributed by atoms with E-state index in [1.165, 1.54) is 7.11 Å². The van der Waals surface area contributed by atoms with Gasteiger partial charge in [0.05, 0.1) is 20.1 Å². The highest BCUT2D eigenvalue weighted by atomic mass is 16.5. The SMILES string of the molecule is COC(=O)C1Cc2cc(OC)ccc2C1N. The lowest BCUT2D eigenvalue weighted by Crippen LogP contribution is -2.25. The number of ether oxygens (including phenoxy) is 2. The smallest absolute Gasteiger partial charge is 0.310 e. The first-order valence-corrected chi connectivity index (χ1v) is 5.17. The Morgan fingerprint density at radius 3 is 2.81 bits per heavy atom. The summed E-state index contributed by atoms with van der Waals surface area (Å²) >= 11 is 0. The minimum atomic E-state index is -0.271. The van der Waals surface area contributed by atoms with E-state index < -0.39 is 0 Å². The number of hydrogen-bond donors (Lipinski definition) is 1. The molecule has 0 spiro atoms. The van der Waals surface area contributed by atoms with Crippen LogP contribution in [0.5, 0.6) is 5.75 Å². The molecule has 0 heterocycles. The molecule has 2 rings (SSSR count). The quantitative estimate of drug-likeness (QED) is 0.758. The molecule has 86 valence electrons. The summed E-state index contributed by atoms with van der Waals surface area (Å²) in [5.41, 5.74) is 8.10. The summed E-state index contributed by atoms with van der Waals surface area (Å²) in [5, 5.41) is 0. The van der Waals surface area contributed by atoms with Crippen molar-refractivity contribution in [1.82, 2.24) is 0 Å². The van der Waals surface area contributed by atoms with Crippen LogP contribution in [0.25, 0.3) is 0 Å². The molecule has 1 aromatic carbocycles. The van der Waals surface area contributed by atoms with Crippen molar-refractivity contribution in [3.63, 3.8) is 0 Å². The zero-order chi connectivity index (χ0) is 11.7. The van der Waals surface area contributed by atoms with Gasteiger partial charge in [-0.15, -0.1) is 0 Å². The average molecular weight is 221 g/mol. The molecule has 0 saturated heterocycles. The summed E-state index contributed by atoms with van der Waals surface area (Å²) in [4.78, 5) is 11.5. The monoisotopic (exact) mass is 221 g/mol. The maximum atomic E-state index is 11.5. The Balaban J connectivity index is 2.30. The van der Waals surface area contributed by atoms with E-state index >= 15 is 0 Å². The summed E-state index contributed by atoms with van der Waals surface area (Å²) in [6.07, 6.45) is 0.625. The van der Waals surface area contributed by atoms with Gasteiger partial charge < -0.3 is 15.2 Å². The zero-order valence-electron chi connectivity index (χ0n) is 9.40. The Morgan fingerprint density at radius 1 is 1.44 bits per heavy atom. The maximum absolute atomic E-state index is 11.5. The summed E-state index contributed by atoms with van der Waals surface area (Å²) in [5.74, 6) is 0.270. The molecule has 0 aliphatic heterocycles. The van der Waals surface area contributed by atoms with Crippen LogP contribution in [0.3, 0.4) is 0 Å². The fourth-order valence-electron chi connectivity index (χ4n) is 2.17. The molecule has 0 aromatic heterocycles. The second-order valence-electron chi connectivity index (χ2n) is 3.92. The van der Waals surface area contributed by atoms with Crippen LogP contribution in [-0.2, 0) is 16.0 Å². The Bertz CT molecular complexity index is 417. The summed E-state index contributed by atoms with van der Waals surface area (Å²) in [6.45, 7) is 0. The Morgan fingerprint density at radius 2 is 2.19 bits per heavy atom. The van der Waals surface area contributed by atoms with Crippen molar-refractivity contribution in [1.29, 1.82) is 0 Å². The summed E-state index contributed by atoms with van der Waals surface area (Å²) in [6, 6.07) is 5.44. The Labute approximate surface area is 94.3 Å². The Hall–Kier alpha value is -1.55. The van der Waals surface area contributed by atoms with Crippen molar-refractivity contribution >= 4 is 5.97 Å². The molecule has 0 radical (unpaired) electrons. The number of fused-ring (bicyclic) bond motifs is 1. The van der Waals surface area contributed by atoms with Gasteiger partial charge in [0.25, 0.3) is 0 Å². The minimum Gasteiger partial charge on any atom is -0.497 e. The van der Waals surface area contributed by atoms with E-state index in [9.17, 15) is 4.79 Å². The molecule has 1 aliphatic rings. The topological polar surface area (TPSA) is 61.5 Å². The third-order valence-electron chi connectivity index (χ3n) is 3.09. The molecule has 2 atom stereocenters. The van der Waals surface area contributed by atoms with Gasteiger partial charge in [-0.3, -0.25) is 4.79 Å². The molecule has 0 fully saturated rings. The summed E-state index contributed by atoms with van der Waals surface area (Å²) in [7, 11) is 3.01. The largest absolute Gasteiger partial charge is 0.497 e. The van der Waals surface area contributed by atoms with Gasteiger partial charge in [0, 0.05) is 6.04 Å². The predicted molar refractivity (Wildman–Crippen MR) is 59.1 cm³/mol. The molecule has 16 heavy (non-hydrogen) atoms. The van der Waals surface area contributed by atoms with Gasteiger partial charge in [-0.05, 0) is 29.7 Å². The second-order valence-corrected chi connectivity index (χ2v) is 3.92. The molecule has 1 aliphatic carbocycles. The van der Waals surface area contributed by atoms with Crippen LogP contribution in [0.2, 0.25) is 0 Å². The third-order valence-corrected chi connectivity index (χ3v) is 3.09. The van der Waals surface area contributed by atoms with E-state index in [0.29, 0.717) is 6.42 Å². The van der Waals surface area contributed by atoms with Crippen molar-refractivity contribution in [3.05, 3.63) is 29.3 Å². The first-order chi connectivity index (χ1) is 7.67. The van der Waals surface area contributed by atoms with Gasteiger partial charge in [0.2, 0.25) is 0 Å². The standard InChI is InChI=1S/C12H15NO3/c1-15-8-3-4-9-7(5-8)6-10(11(9)13)12(14)16-2/h3-5,10-11H,6,13H2,1-2H3. The van der Waals surface area contributed by atoms with Crippen LogP contribution >= 0.6 is 0 Å². The van der Waals surface area contributed by atoms with Crippen LogP contribution in [-0.4, -0.2) is 20.2 Å². The van der Waals surface area contributed by atoms with Crippen LogP contribution < -0.4 is 10.5 Å². The van der Waals surface area contributed by atoms with Crippen molar-refractivity contribution in [2.75, 3.05) is 14.2 Å². The molecule has 1 aromatic rings. The molecule has 4 nitrogen and oxygen atoms in total. The zero-order valence-corrected chi connectivity index (χ0v) is 9.40. The number of hydrogen-bond acceptors (Lipinski definition) is 4. The number of esters is 1. The molecular formula is C12H15NO3. The highest BCUT2D eigenvalue weighted by Gasteiger charge is 2.35. The van der Waals surface area contributed by atoms with Gasteiger partial charge >= 0.3 is 5.97 Å². The number of nitrogens with two attached hydrogens (primary N) is 1. The van der Waals surface area contributed by atoms with Gasteiger partial charge in [-0.2, -0.15) is 0 Å². The van der Waals surface area contributed by atoms with E-state index in [0.717, 1.165) is 16.9 Å². The first-order valence-electron chi connectivity index (χ1n) is 5.17. The molecule has 0 amide bonds. The molecule has 2 unspecified atom stereocenters. The minimum absolute atomic E-state index is 0.248. The lowest BCUT2D eigenvalue weighted by Gasteiger charge is -2.12. The molecular weight excluding hydrogens is 206 g/mol. The normalized spacial score (nSPS) is 22.7. The van der Waals surface area contributed by atoms with E-state index in [1.807, 2.05) is 18.2 Å². The maximum Gasteiger partial charge on any atom is 0.310 e. The number of rotatable bonds is 2. The number of methoxy groups -OCH3 is 2. The fraction of sp³-hybridized carbons (Fsp3) is 0.417. The van der Waals surface area contributed by atoms with Crippen molar-refractivity contribution in [2.45, 2.75) is 12.5 Å². The van der Waals surface area contributed by atoms with E-state index in [4.69, 9.17) is 15.2 Å². The van der Waals surface area contributed by atoms with Gasteiger partial charge in [0.15, 0.2) is 0 Å². The van der Waals surface area contributed by atoms with Crippen LogP contribution in [0.4, 0.5) is 0 Å². The van der Waals surface area contributed by atoms with Crippen molar-refractivity contribution < 1.29 is 14.3 Å². The summed E-state index contributed by atoms with van der Waals surface area (Å²) < 4.78 is 9.88. The van der Waals surface area contributed by atoms with Crippen molar-refractivity contribution in [2.24, 2.45) is 11.7 Å². The highest BCUT2D eigenvalue weighted by Crippen LogP contribution is 2.36. The molecule has 2 N–H and O–H groups in total. The molecule has 0 bridgehead atoms. The highest BCUT2D eigenvalue weighted by molar-refractivity contribution is 5.75. The van der Waals surface area contributed by atoms with E-state index in [2.05, 4.69) is 0 Å². The average Bonchev–Trinajstić information content (AvgIpc) is 2.65. The Kier molecular flexibility index (Phi) is 2.83. The number of carbonyl (C=O) groups is 1. The molecule has 0 saturated carbocycles. The van der Waals surface area contributed by atoms with Gasteiger partial charge in [-0.1, -0.05) is 6.07 Å². The number of benzene rings is 1. The van der Waals surface area contributed by atoms with E-state index in [1.54, 1.807) is 7.11 Å². The lowest BCUT2D eigenvalue weighted by atomic mass is 10.0. The van der Waals surface area contributed by atoms with E-state index in [-0.39, 0.29) is 17.9 Å². The molecule has 4 heteroatoms. The van der Waals surface area contributed by atoms with Crippen LogP contribution in [0, 0.1) is 5.92 Å². The predicted octanol–water partition coefficient (Wildman–Crippen LogP) is 1.04. The second kappa shape index (κ2) is 4.14. The third kappa shape index (κ3) is 1.65. The van der Waals surface area contributed by atoms with Crippen LogP contribution in [0.1, 0.15) is 17.2 Å². The lowest BCUT2D eigenvalue weighted by molar-refractivity contribution is -0.145. The van der Waals surface area contributed by atoms with Crippen LogP contribution in [0.15, 0.2) is 18.2 Å².